The number of fused-ring (bicyclic) bond motifs is 1. The summed E-state index contributed by atoms with van der Waals surface area (Å²) in [5.41, 5.74) is 0.434. The lowest BCUT2D eigenvalue weighted by Gasteiger charge is -2.08. The van der Waals surface area contributed by atoms with Gasteiger partial charge in [0, 0.05) is 11.6 Å². The molecule has 0 unspecified atom stereocenters. The number of hydrogen-bond donors (Lipinski definition) is 1. The molecule has 152 valence electrons. The Morgan fingerprint density at radius 1 is 0.967 bits per heavy atom. The summed E-state index contributed by atoms with van der Waals surface area (Å²) in [4.78, 5) is 12.0. The van der Waals surface area contributed by atoms with E-state index in [1.807, 2.05) is 0 Å². The minimum Gasteiger partial charge on any atom is -0.475 e. The quantitative estimate of drug-likeness (QED) is 0.492. The summed E-state index contributed by atoms with van der Waals surface area (Å²) in [5.74, 6) is -2.52. The summed E-state index contributed by atoms with van der Waals surface area (Å²) < 4.78 is 47.3. The molecule has 2 aromatic carbocycles. The highest BCUT2D eigenvalue weighted by Gasteiger charge is 2.16. The minimum atomic E-state index is -0.943. The zero-order valence-corrected chi connectivity index (χ0v) is 15.3. The van der Waals surface area contributed by atoms with Crippen LogP contribution in [0.4, 0.5) is 13.2 Å². The molecule has 0 saturated heterocycles. The maximum absolute atomic E-state index is 13.6. The Balaban J connectivity index is 1.41. The molecule has 2 aromatic heterocycles. The lowest BCUT2D eigenvalue weighted by molar-refractivity contribution is 0.0938. The molecule has 0 radical (unpaired) electrons. The molecule has 0 atom stereocenters. The molecule has 0 spiro atoms. The Morgan fingerprint density at radius 2 is 1.70 bits per heavy atom. The fourth-order valence-corrected chi connectivity index (χ4v) is 2.75. The molecule has 10 heteroatoms. The average molecular weight is 413 g/mol. The zero-order valence-electron chi connectivity index (χ0n) is 15.3. The van der Waals surface area contributed by atoms with Crippen molar-refractivity contribution in [1.29, 1.82) is 0 Å². The number of benzene rings is 2. The third-order valence-corrected chi connectivity index (χ3v) is 4.17. The predicted molar refractivity (Wildman–Crippen MR) is 100 cm³/mol. The van der Waals surface area contributed by atoms with Crippen molar-refractivity contribution in [1.82, 2.24) is 25.1 Å². The third-order valence-electron chi connectivity index (χ3n) is 4.17. The first-order valence-electron chi connectivity index (χ1n) is 8.86. The molecule has 4 rings (SSSR count). The van der Waals surface area contributed by atoms with Crippen LogP contribution in [0, 0.1) is 17.5 Å². The Bertz CT molecular complexity index is 1190. The molecule has 1 amide bonds. The van der Waals surface area contributed by atoms with E-state index in [9.17, 15) is 18.0 Å². The van der Waals surface area contributed by atoms with Crippen LogP contribution in [-0.2, 0) is 0 Å². The average Bonchev–Trinajstić information content (AvgIpc) is 3.15. The highest BCUT2D eigenvalue weighted by molar-refractivity contribution is 5.94. The number of aromatic nitrogens is 4. The fraction of sp³-hybridized carbons (Fsp3) is 0.100. The number of nitrogens with zero attached hydrogens (tertiary/aromatic N) is 4. The van der Waals surface area contributed by atoms with Crippen LogP contribution in [0.2, 0.25) is 0 Å². The second-order valence-corrected chi connectivity index (χ2v) is 6.17. The Morgan fingerprint density at radius 3 is 2.43 bits per heavy atom. The van der Waals surface area contributed by atoms with E-state index in [4.69, 9.17) is 4.74 Å². The number of ether oxygens (including phenoxy) is 1. The first kappa shape index (κ1) is 19.4. The summed E-state index contributed by atoms with van der Waals surface area (Å²) in [7, 11) is 0. The molecule has 0 fully saturated rings. The zero-order chi connectivity index (χ0) is 21.1. The highest BCUT2D eigenvalue weighted by atomic mass is 19.1. The number of nitrogens with one attached hydrogen (secondary N) is 1. The van der Waals surface area contributed by atoms with E-state index in [-0.39, 0.29) is 24.8 Å². The summed E-state index contributed by atoms with van der Waals surface area (Å²) in [6, 6.07) is 12.1. The first-order valence-corrected chi connectivity index (χ1v) is 8.86. The smallest absolute Gasteiger partial charge is 0.257 e. The van der Waals surface area contributed by atoms with Gasteiger partial charge in [0.05, 0.1) is 6.54 Å². The van der Waals surface area contributed by atoms with Crippen molar-refractivity contribution in [2.24, 2.45) is 0 Å². The Hall–Kier alpha value is -3.95. The SMILES string of the molecule is O=C(NCCOc1ccc2nnc(-c3ccc(F)cc3)n2n1)c1c(F)cccc1F. The van der Waals surface area contributed by atoms with Crippen LogP contribution in [0.25, 0.3) is 17.0 Å². The van der Waals surface area contributed by atoms with E-state index in [0.29, 0.717) is 17.0 Å². The number of carbonyl (C=O) groups excluding carboxylic acids is 1. The van der Waals surface area contributed by atoms with Crippen molar-refractivity contribution >= 4 is 11.6 Å². The lowest BCUT2D eigenvalue weighted by atomic mass is 10.2. The normalized spacial score (nSPS) is 10.9. The molecule has 0 aliphatic heterocycles. The van der Waals surface area contributed by atoms with Gasteiger partial charge < -0.3 is 10.1 Å². The molecule has 0 aliphatic rings. The number of carbonyl (C=O) groups is 1. The molecule has 7 nitrogen and oxygen atoms in total. The number of hydrogen-bond acceptors (Lipinski definition) is 5. The van der Waals surface area contributed by atoms with Crippen molar-refractivity contribution in [2.75, 3.05) is 13.2 Å². The third kappa shape index (κ3) is 3.93. The Kier molecular flexibility index (Phi) is 5.29. The van der Waals surface area contributed by atoms with E-state index < -0.39 is 23.1 Å². The van der Waals surface area contributed by atoms with Gasteiger partial charge >= 0.3 is 0 Å². The van der Waals surface area contributed by atoms with Crippen LogP contribution in [0.15, 0.2) is 54.6 Å². The predicted octanol–water partition coefficient (Wildman–Crippen LogP) is 3.02. The van der Waals surface area contributed by atoms with Crippen LogP contribution >= 0.6 is 0 Å². The van der Waals surface area contributed by atoms with Gasteiger partial charge in [0.2, 0.25) is 5.88 Å². The van der Waals surface area contributed by atoms with Gasteiger partial charge in [-0.25, -0.2) is 13.2 Å². The van der Waals surface area contributed by atoms with Crippen LogP contribution in [-0.4, -0.2) is 38.9 Å². The van der Waals surface area contributed by atoms with Gasteiger partial charge in [-0.2, -0.15) is 4.52 Å². The van der Waals surface area contributed by atoms with Gasteiger partial charge in [-0.05, 0) is 42.5 Å². The van der Waals surface area contributed by atoms with Crippen LogP contribution in [0.5, 0.6) is 5.88 Å². The summed E-state index contributed by atoms with van der Waals surface area (Å²) in [5, 5.41) is 14.7. The van der Waals surface area contributed by atoms with E-state index in [1.165, 1.54) is 22.7 Å². The number of rotatable bonds is 6. The summed E-state index contributed by atoms with van der Waals surface area (Å²) in [6.07, 6.45) is 0. The highest BCUT2D eigenvalue weighted by Crippen LogP contribution is 2.19. The fourth-order valence-electron chi connectivity index (χ4n) is 2.75. The lowest BCUT2D eigenvalue weighted by Crippen LogP contribution is -2.29. The van der Waals surface area contributed by atoms with Crippen LogP contribution in [0.1, 0.15) is 10.4 Å². The second-order valence-electron chi connectivity index (χ2n) is 6.17. The van der Waals surface area contributed by atoms with Crippen molar-refractivity contribution < 1.29 is 22.7 Å². The van der Waals surface area contributed by atoms with Gasteiger partial charge in [-0.15, -0.1) is 15.3 Å². The Labute approximate surface area is 168 Å². The van der Waals surface area contributed by atoms with E-state index in [2.05, 4.69) is 20.6 Å². The second kappa shape index (κ2) is 8.19. The van der Waals surface area contributed by atoms with Gasteiger partial charge in [0.1, 0.15) is 29.6 Å². The number of halogens is 3. The summed E-state index contributed by atoms with van der Waals surface area (Å²) >= 11 is 0. The van der Waals surface area contributed by atoms with Crippen molar-refractivity contribution in [3.05, 3.63) is 77.6 Å². The monoisotopic (exact) mass is 413 g/mol. The van der Waals surface area contributed by atoms with Gasteiger partial charge in [-0.3, -0.25) is 4.79 Å². The molecule has 0 saturated carbocycles. The van der Waals surface area contributed by atoms with Crippen molar-refractivity contribution in [3.8, 4) is 17.3 Å². The van der Waals surface area contributed by atoms with E-state index in [0.717, 1.165) is 12.1 Å². The maximum atomic E-state index is 13.6. The molecule has 2 heterocycles. The summed E-state index contributed by atoms with van der Waals surface area (Å²) in [6.45, 7) is 0.00759. The van der Waals surface area contributed by atoms with Crippen LogP contribution < -0.4 is 10.1 Å². The molecule has 0 bridgehead atoms. The van der Waals surface area contributed by atoms with Gasteiger partial charge in [-0.1, -0.05) is 6.07 Å². The van der Waals surface area contributed by atoms with Gasteiger partial charge in [0.25, 0.3) is 5.91 Å². The van der Waals surface area contributed by atoms with Gasteiger partial charge in [0.15, 0.2) is 11.5 Å². The molecule has 30 heavy (non-hydrogen) atoms. The molecule has 4 aromatic rings. The van der Waals surface area contributed by atoms with E-state index >= 15 is 0 Å². The maximum Gasteiger partial charge on any atom is 0.257 e. The van der Waals surface area contributed by atoms with E-state index in [1.54, 1.807) is 24.3 Å². The topological polar surface area (TPSA) is 81.4 Å². The minimum absolute atomic E-state index is 0.000672. The number of amides is 1. The standard InChI is InChI=1S/C20H14F3N5O2/c21-13-6-4-12(5-7-13)19-26-25-16-8-9-17(27-28(16)19)30-11-10-24-20(29)18-14(22)2-1-3-15(18)23/h1-9H,10-11H2,(H,24,29). The first-order chi connectivity index (χ1) is 14.5. The van der Waals surface area contributed by atoms with Crippen molar-refractivity contribution in [2.45, 2.75) is 0 Å². The largest absolute Gasteiger partial charge is 0.475 e. The molecule has 1 N–H and O–H groups in total. The molecule has 0 aliphatic carbocycles. The van der Waals surface area contributed by atoms with Crippen molar-refractivity contribution in [3.63, 3.8) is 0 Å². The van der Waals surface area contributed by atoms with Crippen LogP contribution in [0.3, 0.4) is 0 Å². The molecular weight excluding hydrogens is 399 g/mol. The molecular formula is C20H14F3N5O2.